The Labute approximate surface area is 179 Å². The van der Waals surface area contributed by atoms with Gasteiger partial charge in [0.15, 0.2) is 18.1 Å². The number of carbonyl (C=O) groups is 2. The largest absolute Gasteiger partial charge is 0.452 e. The topological polar surface area (TPSA) is 78.3 Å². The summed E-state index contributed by atoms with van der Waals surface area (Å²) in [5.74, 6) is -1.11. The van der Waals surface area contributed by atoms with Crippen LogP contribution in [-0.2, 0) is 4.74 Å². The van der Waals surface area contributed by atoms with Crippen molar-refractivity contribution in [3.05, 3.63) is 105 Å². The molecule has 0 atom stereocenters. The predicted octanol–water partition coefficient (Wildman–Crippen LogP) is 4.19. The molecule has 0 fully saturated rings. The van der Waals surface area contributed by atoms with E-state index >= 15 is 0 Å². The van der Waals surface area contributed by atoms with E-state index < -0.39 is 12.6 Å². The zero-order valence-electron chi connectivity index (χ0n) is 15.6. The van der Waals surface area contributed by atoms with Crippen molar-refractivity contribution in [3.63, 3.8) is 0 Å². The molecule has 0 N–H and O–H groups in total. The van der Waals surface area contributed by atoms with Crippen LogP contribution in [0.1, 0.15) is 20.8 Å². The average Bonchev–Trinajstić information content (AvgIpc) is 2.79. The molecular formula is C23H15BrN2O4. The third-order valence-corrected chi connectivity index (χ3v) is 5.03. The summed E-state index contributed by atoms with van der Waals surface area (Å²) in [5.41, 5.74) is 0.572. The molecule has 0 aliphatic carbocycles. The number of para-hydroxylation sites is 1. The highest BCUT2D eigenvalue weighted by atomic mass is 79.9. The number of fused-ring (bicyclic) bond motifs is 1. The highest BCUT2D eigenvalue weighted by Crippen LogP contribution is 2.17. The van der Waals surface area contributed by atoms with Crippen LogP contribution in [0.2, 0.25) is 0 Å². The van der Waals surface area contributed by atoms with Crippen molar-refractivity contribution in [2.24, 2.45) is 0 Å². The van der Waals surface area contributed by atoms with Gasteiger partial charge in [0.05, 0.1) is 11.1 Å². The zero-order chi connectivity index (χ0) is 21.1. The minimum atomic E-state index is -0.777. The predicted molar refractivity (Wildman–Crippen MR) is 116 cm³/mol. The maximum atomic E-state index is 12.9. The molecule has 1 aromatic heterocycles. The van der Waals surface area contributed by atoms with Crippen molar-refractivity contribution in [1.82, 2.24) is 9.78 Å². The van der Waals surface area contributed by atoms with Crippen LogP contribution in [0.15, 0.2) is 88.1 Å². The average molecular weight is 463 g/mol. The Bertz CT molecular complexity index is 1300. The van der Waals surface area contributed by atoms with Gasteiger partial charge in [-0.1, -0.05) is 64.5 Å². The summed E-state index contributed by atoms with van der Waals surface area (Å²) in [5, 5.41) is 4.95. The first-order valence-electron chi connectivity index (χ1n) is 9.08. The molecular weight excluding hydrogens is 448 g/mol. The second kappa shape index (κ2) is 8.42. The fourth-order valence-electron chi connectivity index (χ4n) is 3.00. The molecule has 0 bridgehead atoms. The van der Waals surface area contributed by atoms with E-state index in [1.165, 1.54) is 0 Å². The van der Waals surface area contributed by atoms with Gasteiger partial charge in [0.25, 0.3) is 5.56 Å². The van der Waals surface area contributed by atoms with Crippen LogP contribution in [0, 0.1) is 0 Å². The number of hydrogen-bond acceptors (Lipinski definition) is 5. The van der Waals surface area contributed by atoms with Crippen molar-refractivity contribution in [2.45, 2.75) is 0 Å². The molecule has 1 heterocycles. The highest BCUT2D eigenvalue weighted by molar-refractivity contribution is 9.10. The van der Waals surface area contributed by atoms with Gasteiger partial charge < -0.3 is 4.74 Å². The fourth-order valence-corrected chi connectivity index (χ4v) is 3.27. The summed E-state index contributed by atoms with van der Waals surface area (Å²) in [6.07, 6.45) is 0. The molecule has 0 saturated heterocycles. The van der Waals surface area contributed by atoms with Crippen LogP contribution in [0.4, 0.5) is 0 Å². The Morgan fingerprint density at radius 1 is 0.867 bits per heavy atom. The quantitative estimate of drug-likeness (QED) is 0.328. The minimum Gasteiger partial charge on any atom is -0.452 e. The molecule has 0 aliphatic rings. The van der Waals surface area contributed by atoms with Crippen LogP contribution in [0.3, 0.4) is 0 Å². The smallest absolute Gasteiger partial charge is 0.359 e. The Morgan fingerprint density at radius 2 is 1.50 bits per heavy atom. The normalized spacial score (nSPS) is 10.7. The second-order valence-corrected chi connectivity index (χ2v) is 7.37. The Morgan fingerprint density at radius 3 is 2.20 bits per heavy atom. The minimum absolute atomic E-state index is 0.0299. The highest BCUT2D eigenvalue weighted by Gasteiger charge is 2.20. The van der Waals surface area contributed by atoms with Gasteiger partial charge in [-0.05, 0) is 30.3 Å². The number of hydrogen-bond donors (Lipinski definition) is 0. The molecule has 30 heavy (non-hydrogen) atoms. The molecule has 6 nitrogen and oxygen atoms in total. The van der Waals surface area contributed by atoms with E-state index in [0.29, 0.717) is 22.0 Å². The van der Waals surface area contributed by atoms with Gasteiger partial charge >= 0.3 is 5.97 Å². The van der Waals surface area contributed by atoms with E-state index in [-0.39, 0.29) is 17.0 Å². The molecule has 0 amide bonds. The molecule has 4 rings (SSSR count). The number of esters is 1. The molecule has 7 heteroatoms. The first-order chi connectivity index (χ1) is 14.5. The zero-order valence-corrected chi connectivity index (χ0v) is 17.2. The summed E-state index contributed by atoms with van der Waals surface area (Å²) in [4.78, 5) is 38.0. The summed E-state index contributed by atoms with van der Waals surface area (Å²) < 4.78 is 7.24. The summed E-state index contributed by atoms with van der Waals surface area (Å²) in [6, 6.07) is 22.2. The number of Topliss-reactive ketones (excluding diaryl/α,β-unsaturated/α-hetero) is 1. The summed E-state index contributed by atoms with van der Waals surface area (Å²) in [6.45, 7) is -0.430. The Kier molecular flexibility index (Phi) is 5.54. The van der Waals surface area contributed by atoms with Crippen LogP contribution in [-0.4, -0.2) is 28.1 Å². The van der Waals surface area contributed by atoms with E-state index in [0.717, 1.165) is 9.15 Å². The van der Waals surface area contributed by atoms with E-state index in [9.17, 15) is 14.4 Å². The molecule has 4 aromatic rings. The summed E-state index contributed by atoms with van der Waals surface area (Å²) >= 11 is 3.31. The first kappa shape index (κ1) is 19.7. The van der Waals surface area contributed by atoms with E-state index in [2.05, 4.69) is 21.0 Å². The number of ketones is 1. The number of ether oxygens (including phenoxy) is 1. The van der Waals surface area contributed by atoms with Gasteiger partial charge in [-0.15, -0.1) is 0 Å². The number of halogens is 1. The first-order valence-corrected chi connectivity index (χ1v) is 9.87. The Hall–Kier alpha value is -3.58. The van der Waals surface area contributed by atoms with Crippen molar-refractivity contribution in [1.29, 1.82) is 0 Å². The van der Waals surface area contributed by atoms with Gasteiger partial charge in [0.2, 0.25) is 0 Å². The van der Waals surface area contributed by atoms with Crippen molar-refractivity contribution in [3.8, 4) is 5.69 Å². The van der Waals surface area contributed by atoms with Crippen molar-refractivity contribution >= 4 is 38.5 Å². The number of nitrogens with zero attached hydrogens (tertiary/aromatic N) is 2. The van der Waals surface area contributed by atoms with E-state index in [4.69, 9.17) is 4.74 Å². The summed E-state index contributed by atoms with van der Waals surface area (Å²) in [7, 11) is 0. The Balaban J connectivity index is 1.68. The van der Waals surface area contributed by atoms with Gasteiger partial charge in [-0.25, -0.2) is 4.79 Å². The van der Waals surface area contributed by atoms with Crippen LogP contribution < -0.4 is 5.56 Å². The van der Waals surface area contributed by atoms with E-state index in [1.807, 2.05) is 6.07 Å². The lowest BCUT2D eigenvalue weighted by Crippen LogP contribution is -2.25. The lowest BCUT2D eigenvalue weighted by atomic mass is 10.1. The molecule has 0 unspecified atom stereocenters. The van der Waals surface area contributed by atoms with Gasteiger partial charge in [-0.2, -0.15) is 9.78 Å². The molecule has 148 valence electrons. The van der Waals surface area contributed by atoms with Gasteiger partial charge in [0.1, 0.15) is 0 Å². The second-order valence-electron chi connectivity index (χ2n) is 6.45. The maximum Gasteiger partial charge on any atom is 0.359 e. The fraction of sp³-hybridized carbons (Fsp3) is 0.0435. The van der Waals surface area contributed by atoms with E-state index in [1.54, 1.807) is 72.8 Å². The number of rotatable bonds is 5. The molecule has 3 aromatic carbocycles. The molecule has 0 radical (unpaired) electrons. The monoisotopic (exact) mass is 462 g/mol. The van der Waals surface area contributed by atoms with Gasteiger partial charge in [0, 0.05) is 15.4 Å². The maximum absolute atomic E-state index is 12.9. The third kappa shape index (κ3) is 3.92. The van der Waals surface area contributed by atoms with Gasteiger partial charge in [-0.3, -0.25) is 9.59 Å². The molecule has 0 aliphatic heterocycles. The molecule has 0 spiro atoms. The third-order valence-electron chi connectivity index (χ3n) is 4.50. The van der Waals surface area contributed by atoms with Crippen LogP contribution in [0.5, 0.6) is 0 Å². The number of aromatic nitrogens is 2. The van der Waals surface area contributed by atoms with Crippen LogP contribution in [0.25, 0.3) is 16.5 Å². The van der Waals surface area contributed by atoms with Crippen molar-refractivity contribution in [2.75, 3.05) is 6.61 Å². The molecule has 0 saturated carbocycles. The van der Waals surface area contributed by atoms with Crippen LogP contribution >= 0.6 is 15.9 Å². The van der Waals surface area contributed by atoms with Crippen molar-refractivity contribution < 1.29 is 14.3 Å². The lowest BCUT2D eigenvalue weighted by molar-refractivity contribution is 0.0469. The lowest BCUT2D eigenvalue weighted by Gasteiger charge is -2.11. The standard InChI is InChI=1S/C23H15BrN2O4/c24-16-12-10-15(11-13-16)20(27)14-30-23(29)21-18-8-4-5-9-19(18)22(28)26(25-21)17-6-2-1-3-7-17/h1-13H,14H2. The number of benzene rings is 3. The SMILES string of the molecule is O=C(COC(=O)c1nn(-c2ccccc2)c(=O)c2ccccc12)c1ccc(Br)cc1. The number of carbonyl (C=O) groups excluding carboxylic acids is 2.